The Labute approximate surface area is 164 Å². The Hall–Kier alpha value is -2.74. The van der Waals surface area contributed by atoms with Crippen LogP contribution in [-0.2, 0) is 9.59 Å². The second-order valence-corrected chi connectivity index (χ2v) is 7.37. The average Bonchev–Trinajstić information content (AvgIpc) is 3.04. The van der Waals surface area contributed by atoms with E-state index in [1.54, 1.807) is 0 Å². The molecular formula is C19H18BrN3O4. The summed E-state index contributed by atoms with van der Waals surface area (Å²) < 4.78 is 0.971. The summed E-state index contributed by atoms with van der Waals surface area (Å²) in [5, 5.41) is 13.7. The Bertz CT molecular complexity index is 927. The fourth-order valence-electron chi connectivity index (χ4n) is 3.04. The normalized spacial score (nSPS) is 16.5. The molecule has 1 fully saturated rings. The van der Waals surface area contributed by atoms with E-state index >= 15 is 0 Å². The zero-order chi connectivity index (χ0) is 19.7. The molecule has 2 aromatic rings. The van der Waals surface area contributed by atoms with Crippen LogP contribution in [0.15, 0.2) is 40.9 Å². The summed E-state index contributed by atoms with van der Waals surface area (Å²) >= 11 is 3.46. The zero-order valence-electron chi connectivity index (χ0n) is 14.9. The highest BCUT2D eigenvalue weighted by Crippen LogP contribution is 2.29. The largest absolute Gasteiger partial charge is 0.326 e. The van der Waals surface area contributed by atoms with Crippen molar-refractivity contribution in [2.45, 2.75) is 20.3 Å². The number of nitro groups is 1. The van der Waals surface area contributed by atoms with Crippen LogP contribution < -0.4 is 10.2 Å². The summed E-state index contributed by atoms with van der Waals surface area (Å²) in [7, 11) is 0. The molecule has 1 atom stereocenters. The molecule has 8 heteroatoms. The van der Waals surface area contributed by atoms with Gasteiger partial charge in [0.05, 0.1) is 10.8 Å². The lowest BCUT2D eigenvalue weighted by atomic mass is 10.1. The SMILES string of the molecule is Cc1c(Br)ccc(NC(=O)[C@H]2CC(=O)N(c3ccc([N+](=O)[O-])cc3)C2)c1C. The number of non-ortho nitro benzene ring substituents is 1. The van der Waals surface area contributed by atoms with Crippen molar-refractivity contribution >= 4 is 44.8 Å². The highest BCUT2D eigenvalue weighted by Gasteiger charge is 2.35. The minimum Gasteiger partial charge on any atom is -0.326 e. The monoisotopic (exact) mass is 431 g/mol. The maximum absolute atomic E-state index is 12.6. The Morgan fingerprint density at radius 2 is 1.85 bits per heavy atom. The molecule has 1 aliphatic heterocycles. The van der Waals surface area contributed by atoms with Gasteiger partial charge in [0.25, 0.3) is 5.69 Å². The number of nitrogens with one attached hydrogen (secondary N) is 1. The molecule has 1 saturated heterocycles. The Morgan fingerprint density at radius 1 is 1.19 bits per heavy atom. The molecule has 0 aromatic heterocycles. The molecule has 140 valence electrons. The number of hydrogen-bond acceptors (Lipinski definition) is 4. The van der Waals surface area contributed by atoms with Crippen molar-refractivity contribution in [1.82, 2.24) is 0 Å². The lowest BCUT2D eigenvalue weighted by Gasteiger charge is -2.17. The topological polar surface area (TPSA) is 92.6 Å². The average molecular weight is 432 g/mol. The number of amides is 2. The van der Waals surface area contributed by atoms with E-state index in [2.05, 4.69) is 21.2 Å². The lowest BCUT2D eigenvalue weighted by molar-refractivity contribution is -0.384. The molecular weight excluding hydrogens is 414 g/mol. The molecule has 1 N–H and O–H groups in total. The standard InChI is InChI=1S/C19H18BrN3O4/c1-11-12(2)17(8-7-16(11)20)21-19(25)13-9-18(24)22(10-13)14-3-5-15(6-4-14)23(26)27/h3-8,13H,9-10H2,1-2H3,(H,21,25)/t13-/m0/s1. The number of halogens is 1. The van der Waals surface area contributed by atoms with Gasteiger partial charge in [-0.1, -0.05) is 15.9 Å². The van der Waals surface area contributed by atoms with Crippen LogP contribution in [0.5, 0.6) is 0 Å². The van der Waals surface area contributed by atoms with Crippen molar-refractivity contribution in [3.63, 3.8) is 0 Å². The summed E-state index contributed by atoms with van der Waals surface area (Å²) in [6.07, 6.45) is 0.109. The van der Waals surface area contributed by atoms with Crippen LogP contribution in [0.2, 0.25) is 0 Å². The minimum atomic E-state index is -0.492. The van der Waals surface area contributed by atoms with Crippen LogP contribution in [0.1, 0.15) is 17.5 Å². The first kappa shape index (κ1) is 19.0. The van der Waals surface area contributed by atoms with Crippen LogP contribution >= 0.6 is 15.9 Å². The van der Waals surface area contributed by atoms with E-state index in [1.807, 2.05) is 26.0 Å². The summed E-state index contributed by atoms with van der Waals surface area (Å²) in [5.41, 5.74) is 3.25. The molecule has 0 spiro atoms. The predicted octanol–water partition coefficient (Wildman–Crippen LogP) is 3.97. The summed E-state index contributed by atoms with van der Waals surface area (Å²) in [6.45, 7) is 4.14. The van der Waals surface area contributed by atoms with Gasteiger partial charge in [-0.05, 0) is 49.2 Å². The molecule has 3 rings (SSSR count). The smallest absolute Gasteiger partial charge is 0.269 e. The number of anilines is 2. The Balaban J connectivity index is 1.72. The first-order valence-corrected chi connectivity index (χ1v) is 9.18. The number of carbonyl (C=O) groups excluding carboxylic acids is 2. The van der Waals surface area contributed by atoms with Gasteiger partial charge in [0, 0.05) is 40.9 Å². The number of carbonyl (C=O) groups is 2. The molecule has 0 unspecified atom stereocenters. The van der Waals surface area contributed by atoms with Gasteiger partial charge in [-0.3, -0.25) is 19.7 Å². The van der Waals surface area contributed by atoms with E-state index < -0.39 is 10.8 Å². The maximum atomic E-state index is 12.6. The molecule has 0 radical (unpaired) electrons. The quantitative estimate of drug-likeness (QED) is 0.585. The molecule has 27 heavy (non-hydrogen) atoms. The van der Waals surface area contributed by atoms with E-state index in [4.69, 9.17) is 0 Å². The third-order valence-corrected chi connectivity index (χ3v) is 5.71. The van der Waals surface area contributed by atoms with Crippen molar-refractivity contribution in [3.8, 4) is 0 Å². The second kappa shape index (κ2) is 7.48. The van der Waals surface area contributed by atoms with E-state index in [-0.39, 0.29) is 30.5 Å². The van der Waals surface area contributed by atoms with Gasteiger partial charge in [0.1, 0.15) is 0 Å². The van der Waals surface area contributed by atoms with Crippen LogP contribution in [0.25, 0.3) is 0 Å². The van der Waals surface area contributed by atoms with Crippen LogP contribution in [0.4, 0.5) is 17.1 Å². The fourth-order valence-corrected chi connectivity index (χ4v) is 3.47. The highest BCUT2D eigenvalue weighted by atomic mass is 79.9. The molecule has 7 nitrogen and oxygen atoms in total. The van der Waals surface area contributed by atoms with Gasteiger partial charge < -0.3 is 10.2 Å². The van der Waals surface area contributed by atoms with E-state index in [9.17, 15) is 19.7 Å². The molecule has 1 aliphatic rings. The van der Waals surface area contributed by atoms with Gasteiger partial charge in [-0.15, -0.1) is 0 Å². The van der Waals surface area contributed by atoms with Gasteiger partial charge in [0.2, 0.25) is 11.8 Å². The summed E-state index contributed by atoms with van der Waals surface area (Å²) in [5.74, 6) is -0.860. The fraction of sp³-hybridized carbons (Fsp3) is 0.263. The number of nitrogens with zero attached hydrogens (tertiary/aromatic N) is 2. The number of rotatable bonds is 4. The molecule has 0 bridgehead atoms. The molecule has 0 aliphatic carbocycles. The third kappa shape index (κ3) is 3.85. The third-order valence-electron chi connectivity index (χ3n) is 4.85. The maximum Gasteiger partial charge on any atom is 0.269 e. The van der Waals surface area contributed by atoms with Gasteiger partial charge in [-0.2, -0.15) is 0 Å². The highest BCUT2D eigenvalue weighted by molar-refractivity contribution is 9.10. The van der Waals surface area contributed by atoms with E-state index in [0.29, 0.717) is 5.69 Å². The van der Waals surface area contributed by atoms with E-state index in [1.165, 1.54) is 29.2 Å². The van der Waals surface area contributed by atoms with Crippen LogP contribution in [-0.4, -0.2) is 23.3 Å². The van der Waals surface area contributed by atoms with Crippen LogP contribution in [0.3, 0.4) is 0 Å². The van der Waals surface area contributed by atoms with Crippen molar-refractivity contribution in [3.05, 3.63) is 62.1 Å². The number of hydrogen-bond donors (Lipinski definition) is 1. The number of benzene rings is 2. The summed E-state index contributed by atoms with van der Waals surface area (Å²) in [6, 6.07) is 9.46. The molecule has 0 saturated carbocycles. The molecule has 2 aromatic carbocycles. The first-order chi connectivity index (χ1) is 12.8. The predicted molar refractivity (Wildman–Crippen MR) is 106 cm³/mol. The Kier molecular flexibility index (Phi) is 5.27. The van der Waals surface area contributed by atoms with Crippen molar-refractivity contribution in [2.24, 2.45) is 5.92 Å². The van der Waals surface area contributed by atoms with Gasteiger partial charge in [-0.25, -0.2) is 0 Å². The minimum absolute atomic E-state index is 0.0410. The van der Waals surface area contributed by atoms with Crippen LogP contribution in [0, 0.1) is 29.9 Å². The zero-order valence-corrected chi connectivity index (χ0v) is 16.4. The van der Waals surface area contributed by atoms with Crippen molar-refractivity contribution in [2.75, 3.05) is 16.8 Å². The van der Waals surface area contributed by atoms with Gasteiger partial charge >= 0.3 is 0 Å². The molecule has 2 amide bonds. The van der Waals surface area contributed by atoms with Gasteiger partial charge in [0.15, 0.2) is 0 Å². The van der Waals surface area contributed by atoms with Crippen molar-refractivity contribution < 1.29 is 14.5 Å². The lowest BCUT2D eigenvalue weighted by Crippen LogP contribution is -2.28. The number of nitro benzene ring substituents is 1. The van der Waals surface area contributed by atoms with E-state index in [0.717, 1.165) is 21.3 Å². The second-order valence-electron chi connectivity index (χ2n) is 6.51. The van der Waals surface area contributed by atoms with Crippen molar-refractivity contribution in [1.29, 1.82) is 0 Å². The first-order valence-electron chi connectivity index (χ1n) is 8.39. The Morgan fingerprint density at radius 3 is 2.48 bits per heavy atom. The molecule has 1 heterocycles. The summed E-state index contributed by atoms with van der Waals surface area (Å²) in [4.78, 5) is 36.7.